The molecule has 16 nitrogen and oxygen atoms in total. The SMILES string of the molecule is CC(C)(CCCCOc1cc(-c2ccc3c(c2)OCO3)cc(-c2ccccc2)n1)CNC(=O)[C@H](CC(=O)NC[C@H](O)[C@@H](O)[C@H](O)[C@H](O)CO)NC(=O)OC(C)(C)C. The number of carbonyl (C=O) groups excluding carboxylic acids is 3. The molecule has 3 aromatic rings. The number of nitrogens with zero attached hydrogens (tertiary/aromatic N) is 1. The maximum Gasteiger partial charge on any atom is 0.408 e. The van der Waals surface area contributed by atoms with Gasteiger partial charge in [0.25, 0.3) is 0 Å². The summed E-state index contributed by atoms with van der Waals surface area (Å²) < 4.78 is 22.5. The minimum absolute atomic E-state index is 0.182. The van der Waals surface area contributed by atoms with Gasteiger partial charge in [0.2, 0.25) is 24.5 Å². The molecule has 0 saturated heterocycles. The Balaban J connectivity index is 1.30. The Morgan fingerprint density at radius 1 is 0.825 bits per heavy atom. The fourth-order valence-corrected chi connectivity index (χ4v) is 5.82. The molecule has 0 unspecified atom stereocenters. The van der Waals surface area contributed by atoms with Crippen molar-refractivity contribution in [2.24, 2.45) is 5.41 Å². The number of aromatic nitrogens is 1. The van der Waals surface area contributed by atoms with Crippen LogP contribution in [0.4, 0.5) is 4.79 Å². The van der Waals surface area contributed by atoms with Crippen molar-refractivity contribution in [1.29, 1.82) is 0 Å². The predicted molar refractivity (Wildman–Crippen MR) is 209 cm³/mol. The van der Waals surface area contributed by atoms with E-state index in [2.05, 4.69) is 16.0 Å². The summed E-state index contributed by atoms with van der Waals surface area (Å²) in [4.78, 5) is 43.5. The molecule has 1 aliphatic rings. The highest BCUT2D eigenvalue weighted by molar-refractivity contribution is 5.91. The monoisotopic (exact) mass is 796 g/mol. The summed E-state index contributed by atoms with van der Waals surface area (Å²) in [5, 5.41) is 56.1. The molecule has 8 N–H and O–H groups in total. The predicted octanol–water partition coefficient (Wildman–Crippen LogP) is 2.67. The van der Waals surface area contributed by atoms with Crippen LogP contribution < -0.4 is 30.2 Å². The quantitative estimate of drug-likeness (QED) is 0.0769. The number of rotatable bonds is 20. The van der Waals surface area contributed by atoms with Crippen molar-refractivity contribution < 1.29 is 58.9 Å². The van der Waals surface area contributed by atoms with E-state index < -0.39 is 73.5 Å². The van der Waals surface area contributed by atoms with Gasteiger partial charge in [0.15, 0.2) is 11.5 Å². The van der Waals surface area contributed by atoms with Crippen LogP contribution in [0.15, 0.2) is 60.7 Å². The Bertz CT molecular complexity index is 1790. The number of pyridine rings is 1. The number of hydrogen-bond acceptors (Lipinski definition) is 13. The summed E-state index contributed by atoms with van der Waals surface area (Å²) >= 11 is 0. The van der Waals surface area contributed by atoms with Crippen LogP contribution in [0.1, 0.15) is 60.3 Å². The highest BCUT2D eigenvalue weighted by Crippen LogP contribution is 2.37. The van der Waals surface area contributed by atoms with E-state index in [-0.39, 0.29) is 18.8 Å². The van der Waals surface area contributed by atoms with Crippen molar-refractivity contribution >= 4 is 17.9 Å². The lowest BCUT2D eigenvalue weighted by Crippen LogP contribution is -2.53. The number of aliphatic hydroxyl groups is 5. The molecule has 0 saturated carbocycles. The first-order chi connectivity index (χ1) is 26.9. The van der Waals surface area contributed by atoms with Crippen molar-refractivity contribution in [2.45, 2.75) is 96.4 Å². The average molecular weight is 797 g/mol. The average Bonchev–Trinajstić information content (AvgIpc) is 3.65. The highest BCUT2D eigenvalue weighted by Gasteiger charge is 2.32. The second-order valence-corrected chi connectivity index (χ2v) is 15.7. The van der Waals surface area contributed by atoms with E-state index in [4.69, 9.17) is 29.0 Å². The van der Waals surface area contributed by atoms with Crippen molar-refractivity contribution in [1.82, 2.24) is 20.9 Å². The molecule has 0 fully saturated rings. The summed E-state index contributed by atoms with van der Waals surface area (Å²) in [7, 11) is 0. The van der Waals surface area contributed by atoms with Gasteiger partial charge in [-0.1, -0.05) is 50.2 Å². The Morgan fingerprint density at radius 2 is 1.53 bits per heavy atom. The lowest BCUT2D eigenvalue weighted by Gasteiger charge is -2.28. The Hall–Kier alpha value is -5.00. The van der Waals surface area contributed by atoms with Gasteiger partial charge in [-0.2, -0.15) is 0 Å². The van der Waals surface area contributed by atoms with E-state index in [1.54, 1.807) is 20.8 Å². The summed E-state index contributed by atoms with van der Waals surface area (Å²) in [5.74, 6) is 0.448. The number of alkyl carbamates (subject to hydrolysis) is 1. The second-order valence-electron chi connectivity index (χ2n) is 15.7. The van der Waals surface area contributed by atoms with Gasteiger partial charge in [-0.3, -0.25) is 9.59 Å². The molecule has 0 bridgehead atoms. The lowest BCUT2D eigenvalue weighted by atomic mass is 9.87. The van der Waals surface area contributed by atoms with Gasteiger partial charge in [-0.25, -0.2) is 9.78 Å². The van der Waals surface area contributed by atoms with Gasteiger partial charge in [0.05, 0.1) is 31.4 Å². The van der Waals surface area contributed by atoms with Crippen molar-refractivity contribution in [2.75, 3.05) is 33.1 Å². The standard InChI is InChI=1S/C41H56N4O12/c1-40(2,3)57-39(53)45-29(20-34(49)42-21-30(47)36(50)37(51)31(48)22-46)38(52)43-23-41(4,5)15-9-10-16-54-35-19-27(17-28(44-35)25-11-7-6-8-12-25)26-13-14-32-33(18-26)56-24-55-32/h6-8,11-14,17-19,29-31,36-37,46-48,50-51H,9-10,15-16,20-24H2,1-5H3,(H,42,49)(H,43,52)(H,45,53)/t29-,30-,31+,36+,37+/m0/s1. The van der Waals surface area contributed by atoms with Gasteiger partial charge < -0.3 is 60.4 Å². The smallest absolute Gasteiger partial charge is 0.408 e. The molecule has 0 aliphatic carbocycles. The van der Waals surface area contributed by atoms with E-state index in [1.807, 2.05) is 74.5 Å². The minimum Gasteiger partial charge on any atom is -0.478 e. The Labute approximate surface area is 332 Å². The maximum atomic E-state index is 13.3. The zero-order chi connectivity index (χ0) is 41.8. The first-order valence-electron chi connectivity index (χ1n) is 18.9. The molecule has 2 aromatic carbocycles. The fourth-order valence-electron chi connectivity index (χ4n) is 5.82. The van der Waals surface area contributed by atoms with Gasteiger partial charge in [0.1, 0.15) is 30.0 Å². The van der Waals surface area contributed by atoms with Crippen LogP contribution in [0.25, 0.3) is 22.4 Å². The third kappa shape index (κ3) is 14.2. The molecule has 57 heavy (non-hydrogen) atoms. The third-order valence-electron chi connectivity index (χ3n) is 9.05. The van der Waals surface area contributed by atoms with E-state index in [0.29, 0.717) is 36.8 Å². The molecule has 0 spiro atoms. The van der Waals surface area contributed by atoms with E-state index >= 15 is 0 Å². The first kappa shape index (κ1) is 44.7. The zero-order valence-corrected chi connectivity index (χ0v) is 33.1. The normalized spacial score (nSPS) is 15.1. The van der Waals surface area contributed by atoms with Crippen molar-refractivity contribution in [3.63, 3.8) is 0 Å². The fraction of sp³-hybridized carbons (Fsp3) is 0.512. The summed E-state index contributed by atoms with van der Waals surface area (Å²) in [6, 6.07) is 18.2. The van der Waals surface area contributed by atoms with Crippen LogP contribution in [-0.2, 0) is 14.3 Å². The van der Waals surface area contributed by atoms with Gasteiger partial charge in [0, 0.05) is 24.7 Å². The van der Waals surface area contributed by atoms with Crippen LogP contribution in [0.3, 0.4) is 0 Å². The van der Waals surface area contributed by atoms with Crippen LogP contribution >= 0.6 is 0 Å². The molecule has 1 aliphatic heterocycles. The molecule has 4 rings (SSSR count). The van der Waals surface area contributed by atoms with Gasteiger partial charge in [-0.15, -0.1) is 0 Å². The number of ether oxygens (including phenoxy) is 4. The largest absolute Gasteiger partial charge is 0.478 e. The Morgan fingerprint density at radius 3 is 2.23 bits per heavy atom. The molecule has 5 atom stereocenters. The van der Waals surface area contributed by atoms with Gasteiger partial charge in [-0.05, 0) is 74.8 Å². The highest BCUT2D eigenvalue weighted by atomic mass is 16.7. The molecule has 2 heterocycles. The molecular formula is C41H56N4O12. The maximum absolute atomic E-state index is 13.3. The second kappa shape index (κ2) is 20.4. The van der Waals surface area contributed by atoms with Gasteiger partial charge >= 0.3 is 6.09 Å². The summed E-state index contributed by atoms with van der Waals surface area (Å²) in [6.45, 7) is 8.29. The van der Waals surface area contributed by atoms with Crippen molar-refractivity contribution in [3.8, 4) is 39.8 Å². The first-order valence-corrected chi connectivity index (χ1v) is 18.9. The molecule has 1 aromatic heterocycles. The van der Waals surface area contributed by atoms with Crippen LogP contribution in [0.5, 0.6) is 17.4 Å². The number of fused-ring (bicyclic) bond motifs is 1. The van der Waals surface area contributed by atoms with E-state index in [0.717, 1.165) is 28.8 Å². The summed E-state index contributed by atoms with van der Waals surface area (Å²) in [5.41, 5.74) is 2.30. The molecule has 3 amide bonds. The van der Waals surface area contributed by atoms with Crippen molar-refractivity contribution in [3.05, 3.63) is 60.7 Å². The summed E-state index contributed by atoms with van der Waals surface area (Å²) in [6.07, 6.45) is -6.47. The number of unbranched alkanes of at least 4 members (excludes halogenated alkanes) is 1. The molecule has 312 valence electrons. The topological polar surface area (TPSA) is 238 Å². The number of nitrogens with one attached hydrogen (secondary N) is 3. The number of amides is 3. The zero-order valence-electron chi connectivity index (χ0n) is 33.1. The molecule has 16 heteroatoms. The number of carbonyl (C=O) groups is 3. The minimum atomic E-state index is -1.89. The van der Waals surface area contributed by atoms with E-state index in [1.165, 1.54) is 0 Å². The number of hydrogen-bond donors (Lipinski definition) is 8. The Kier molecular flexibility index (Phi) is 16.0. The number of benzene rings is 2. The van der Waals surface area contributed by atoms with E-state index in [9.17, 15) is 34.8 Å². The number of aliphatic hydroxyl groups excluding tert-OH is 5. The molecule has 0 radical (unpaired) electrons. The molecular weight excluding hydrogens is 740 g/mol. The third-order valence-corrected chi connectivity index (χ3v) is 9.05. The van der Waals surface area contributed by atoms with Crippen LogP contribution in [0, 0.1) is 5.41 Å². The van der Waals surface area contributed by atoms with Crippen LogP contribution in [0.2, 0.25) is 0 Å². The van der Waals surface area contributed by atoms with Crippen LogP contribution in [-0.4, -0.2) is 118 Å². The lowest BCUT2D eigenvalue weighted by molar-refractivity contribution is -0.130.